The highest BCUT2D eigenvalue weighted by Crippen LogP contribution is 2.17. The van der Waals surface area contributed by atoms with Gasteiger partial charge in [-0.2, -0.15) is 0 Å². The largest absolute Gasteiger partial charge is 0.480 e. The van der Waals surface area contributed by atoms with E-state index in [1.54, 1.807) is 0 Å². The van der Waals surface area contributed by atoms with Gasteiger partial charge in [-0.1, -0.05) is 0 Å². The lowest BCUT2D eigenvalue weighted by molar-refractivity contribution is -0.141. The number of nitrogens with zero attached hydrogens (tertiary/aromatic N) is 2. The summed E-state index contributed by atoms with van der Waals surface area (Å²) in [5.74, 6) is -2.17. The number of aliphatic carboxylic acids is 1. The van der Waals surface area contributed by atoms with Crippen LogP contribution in [0.2, 0.25) is 0 Å². The number of aliphatic hydroxyl groups is 2. The van der Waals surface area contributed by atoms with E-state index in [1.807, 2.05) is 5.32 Å². The third kappa shape index (κ3) is 6.27. The zero-order chi connectivity index (χ0) is 19.9. The second-order valence-electron chi connectivity index (χ2n) is 5.50. The second-order valence-corrected chi connectivity index (χ2v) is 5.50. The van der Waals surface area contributed by atoms with Gasteiger partial charge in [0, 0.05) is 6.42 Å². The van der Waals surface area contributed by atoms with E-state index in [0.29, 0.717) is 0 Å². The van der Waals surface area contributed by atoms with Crippen molar-refractivity contribution in [3.05, 3.63) is 11.8 Å². The van der Waals surface area contributed by atoms with Crippen LogP contribution in [-0.4, -0.2) is 62.2 Å². The minimum absolute atomic E-state index is 0.0128. The van der Waals surface area contributed by atoms with Crippen LogP contribution in [0.3, 0.4) is 0 Å². The molecule has 0 spiro atoms. The zero-order valence-corrected chi connectivity index (χ0v) is 14.0. The van der Waals surface area contributed by atoms with Gasteiger partial charge in [0.1, 0.15) is 6.04 Å². The minimum Gasteiger partial charge on any atom is -0.480 e. The highest BCUT2D eigenvalue weighted by atomic mass is 16.4. The number of carbonyl (C=O) groups excluding carboxylic acids is 2. The molecule has 0 aliphatic rings. The Kier molecular flexibility index (Phi) is 7.89. The lowest BCUT2D eigenvalue weighted by Crippen LogP contribution is -2.52. The molecule has 3 amide bonds. The molecule has 0 radical (unpaired) electrons. The van der Waals surface area contributed by atoms with Crippen molar-refractivity contribution in [2.24, 2.45) is 11.5 Å². The molecule has 0 aliphatic heterocycles. The summed E-state index contributed by atoms with van der Waals surface area (Å²) in [6, 6.07) is -4.42. The van der Waals surface area contributed by atoms with Crippen molar-refractivity contribution in [3.8, 4) is 0 Å². The Morgan fingerprint density at radius 1 is 1.23 bits per heavy atom. The molecule has 0 saturated heterocycles. The predicted molar refractivity (Wildman–Crippen MR) is 84.3 cm³/mol. The number of carboxylic acids is 1. The van der Waals surface area contributed by atoms with Gasteiger partial charge in [-0.05, 0) is 13.3 Å². The van der Waals surface area contributed by atoms with Crippen LogP contribution in [0.1, 0.15) is 43.6 Å². The quantitative estimate of drug-likeness (QED) is 0.228. The van der Waals surface area contributed by atoms with Crippen LogP contribution in [0, 0.1) is 0 Å². The molecule has 1 rings (SSSR count). The number of rotatable bonds is 10. The molecule has 1 aromatic rings. The highest BCUT2D eigenvalue weighted by molar-refractivity contribution is 5.83. The molecule has 1 aromatic heterocycles. The Hall–Kier alpha value is -2.77. The molecule has 146 valence electrons. The van der Waals surface area contributed by atoms with Gasteiger partial charge in [0.25, 0.3) is 0 Å². The molecule has 13 heteroatoms. The molecule has 0 saturated carbocycles. The Morgan fingerprint density at radius 2 is 1.85 bits per heavy atom. The fraction of sp³-hybridized carbons (Fsp3) is 0.615. The standard InChI is InChI=1S/C13H22N6O7/c1-5(21)9(12(23)24)17-13(25)16-7(4-20)11-19-18-10(26-11)6(14)2-3-8(15)22/h5-7,9,20-21H,2-4,14H2,1H3,(H2,15,22)(H,23,24)(H2,16,17,25)/t5?,6-,7-,9-/m0/s1. The van der Waals surface area contributed by atoms with Crippen LogP contribution < -0.4 is 22.1 Å². The van der Waals surface area contributed by atoms with Crippen LogP contribution in [0.15, 0.2) is 4.42 Å². The maximum atomic E-state index is 11.8. The van der Waals surface area contributed by atoms with Crippen molar-refractivity contribution < 1.29 is 34.1 Å². The number of urea groups is 1. The van der Waals surface area contributed by atoms with E-state index in [1.165, 1.54) is 6.92 Å². The number of aromatic nitrogens is 2. The molecular formula is C13H22N6O7. The SMILES string of the molecule is CC(O)[C@H](NC(=O)N[C@@H](CO)c1nnc([C@@H](N)CCC(N)=O)o1)C(=O)O. The van der Waals surface area contributed by atoms with Crippen LogP contribution in [0.25, 0.3) is 0 Å². The molecule has 0 aliphatic carbocycles. The third-order valence-corrected chi connectivity index (χ3v) is 3.30. The van der Waals surface area contributed by atoms with Gasteiger partial charge >= 0.3 is 12.0 Å². The van der Waals surface area contributed by atoms with Gasteiger partial charge in [-0.25, -0.2) is 9.59 Å². The first-order valence-corrected chi connectivity index (χ1v) is 7.61. The Bertz CT molecular complexity index is 634. The first-order chi connectivity index (χ1) is 12.1. The number of nitrogens with one attached hydrogen (secondary N) is 2. The molecule has 9 N–H and O–H groups in total. The fourth-order valence-corrected chi connectivity index (χ4v) is 1.87. The number of aliphatic hydroxyl groups excluding tert-OH is 2. The lowest BCUT2D eigenvalue weighted by atomic mass is 10.1. The van der Waals surface area contributed by atoms with Gasteiger partial charge in [-0.3, -0.25) is 4.79 Å². The number of hydrogen-bond acceptors (Lipinski definition) is 9. The van der Waals surface area contributed by atoms with Crippen LogP contribution >= 0.6 is 0 Å². The van der Waals surface area contributed by atoms with E-state index < -0.39 is 48.7 Å². The number of hydrogen-bond donors (Lipinski definition) is 7. The summed E-state index contributed by atoms with van der Waals surface area (Å²) in [6.07, 6.45) is -1.16. The summed E-state index contributed by atoms with van der Waals surface area (Å²) in [6.45, 7) is 0.568. The molecule has 0 aromatic carbocycles. The number of nitrogens with two attached hydrogens (primary N) is 2. The number of carboxylic acid groups (broad SMARTS) is 1. The minimum atomic E-state index is -1.55. The van der Waals surface area contributed by atoms with Crippen molar-refractivity contribution >= 4 is 17.9 Å². The van der Waals surface area contributed by atoms with Crippen molar-refractivity contribution in [2.75, 3.05) is 6.61 Å². The summed E-state index contributed by atoms with van der Waals surface area (Å²) in [5, 5.41) is 39.2. The van der Waals surface area contributed by atoms with Crippen molar-refractivity contribution in [2.45, 2.75) is 44.0 Å². The molecule has 1 heterocycles. The van der Waals surface area contributed by atoms with E-state index in [4.69, 9.17) is 21.0 Å². The van der Waals surface area contributed by atoms with Crippen molar-refractivity contribution in [3.63, 3.8) is 0 Å². The van der Waals surface area contributed by atoms with Crippen LogP contribution in [0.5, 0.6) is 0 Å². The smallest absolute Gasteiger partial charge is 0.328 e. The maximum absolute atomic E-state index is 11.8. The monoisotopic (exact) mass is 374 g/mol. The molecule has 1 unspecified atom stereocenters. The van der Waals surface area contributed by atoms with Crippen LogP contribution in [-0.2, 0) is 9.59 Å². The van der Waals surface area contributed by atoms with E-state index in [9.17, 15) is 24.6 Å². The summed E-state index contributed by atoms with van der Waals surface area (Å²) in [7, 11) is 0. The number of primary amides is 1. The van der Waals surface area contributed by atoms with Gasteiger partial charge in [0.05, 0.1) is 18.8 Å². The van der Waals surface area contributed by atoms with Crippen molar-refractivity contribution in [1.82, 2.24) is 20.8 Å². The Balaban J connectivity index is 2.72. The number of carbonyl (C=O) groups is 3. The van der Waals surface area contributed by atoms with E-state index in [-0.39, 0.29) is 24.6 Å². The molecule has 4 atom stereocenters. The fourth-order valence-electron chi connectivity index (χ4n) is 1.87. The van der Waals surface area contributed by atoms with E-state index in [2.05, 4.69) is 15.5 Å². The molecule has 0 fully saturated rings. The lowest BCUT2D eigenvalue weighted by Gasteiger charge is -2.19. The molecular weight excluding hydrogens is 352 g/mol. The molecule has 13 nitrogen and oxygen atoms in total. The van der Waals surface area contributed by atoms with E-state index in [0.717, 1.165) is 0 Å². The number of amides is 3. The summed E-state index contributed by atoms with van der Waals surface area (Å²) < 4.78 is 5.26. The van der Waals surface area contributed by atoms with Crippen LogP contribution in [0.4, 0.5) is 4.79 Å². The van der Waals surface area contributed by atoms with Gasteiger partial charge < -0.3 is 41.8 Å². The summed E-state index contributed by atoms with van der Waals surface area (Å²) in [4.78, 5) is 33.6. The van der Waals surface area contributed by atoms with Gasteiger partial charge in [-0.15, -0.1) is 10.2 Å². The normalized spacial score (nSPS) is 15.5. The summed E-state index contributed by atoms with van der Waals surface area (Å²) >= 11 is 0. The Morgan fingerprint density at radius 3 is 2.35 bits per heavy atom. The van der Waals surface area contributed by atoms with E-state index >= 15 is 0 Å². The topological polar surface area (TPSA) is 227 Å². The average Bonchev–Trinajstić information content (AvgIpc) is 3.04. The van der Waals surface area contributed by atoms with Gasteiger partial charge in [0.15, 0.2) is 6.04 Å². The highest BCUT2D eigenvalue weighted by Gasteiger charge is 2.28. The molecule has 26 heavy (non-hydrogen) atoms. The van der Waals surface area contributed by atoms with Gasteiger partial charge in [0.2, 0.25) is 17.7 Å². The average molecular weight is 374 g/mol. The predicted octanol–water partition coefficient (Wildman–Crippen LogP) is -2.50. The second kappa shape index (κ2) is 9.65. The maximum Gasteiger partial charge on any atom is 0.328 e. The third-order valence-electron chi connectivity index (χ3n) is 3.30. The van der Waals surface area contributed by atoms with Crippen molar-refractivity contribution in [1.29, 1.82) is 0 Å². The summed E-state index contributed by atoms with van der Waals surface area (Å²) in [5.41, 5.74) is 10.8. The first-order valence-electron chi connectivity index (χ1n) is 7.61. The Labute approximate surface area is 147 Å². The zero-order valence-electron chi connectivity index (χ0n) is 14.0. The first kappa shape index (κ1) is 21.3. The molecule has 0 bridgehead atoms.